The number of aromatic hydroxyl groups is 1. The summed E-state index contributed by atoms with van der Waals surface area (Å²) in [5, 5.41) is 23.3. The van der Waals surface area contributed by atoms with Gasteiger partial charge in [-0.3, -0.25) is 9.89 Å². The van der Waals surface area contributed by atoms with Crippen molar-refractivity contribution in [3.05, 3.63) is 34.4 Å². The van der Waals surface area contributed by atoms with E-state index in [1.165, 1.54) is 4.52 Å². The first-order chi connectivity index (χ1) is 12.7. The van der Waals surface area contributed by atoms with Gasteiger partial charge in [0.05, 0.1) is 24.5 Å². The molecule has 0 aromatic carbocycles. The molecule has 3 aromatic heterocycles. The second-order valence-electron chi connectivity index (χ2n) is 8.25. The molecule has 9 heteroatoms. The van der Waals surface area contributed by atoms with Crippen molar-refractivity contribution in [1.82, 2.24) is 25.1 Å². The molecular formula is C18H23N6O3+. The second-order valence-corrected chi connectivity index (χ2v) is 8.25. The third-order valence-electron chi connectivity index (χ3n) is 4.49. The van der Waals surface area contributed by atoms with E-state index in [1.54, 1.807) is 23.0 Å². The molecule has 3 aromatic rings. The van der Waals surface area contributed by atoms with Crippen molar-refractivity contribution >= 4 is 11.6 Å². The lowest BCUT2D eigenvalue weighted by Gasteiger charge is -2.17. The number of hydrogen-bond donors (Lipinski definition) is 4. The lowest BCUT2D eigenvalue weighted by atomic mass is 9.96. The Balaban J connectivity index is 1.95. The predicted octanol–water partition coefficient (Wildman–Crippen LogP) is 0.949. The van der Waals surface area contributed by atoms with E-state index >= 15 is 0 Å². The molecule has 27 heavy (non-hydrogen) atoms. The smallest absolute Gasteiger partial charge is 0.378 e. The van der Waals surface area contributed by atoms with Gasteiger partial charge in [-0.25, -0.2) is 9.89 Å². The monoisotopic (exact) mass is 371 g/mol. The van der Waals surface area contributed by atoms with E-state index in [4.69, 9.17) is 0 Å². The molecule has 0 spiro atoms. The molecule has 1 aliphatic carbocycles. The number of nitrogens with zero attached hydrogens (tertiary/aromatic N) is 3. The predicted molar refractivity (Wildman–Crippen MR) is 97.4 cm³/mol. The number of H-pyrrole nitrogens is 2. The Morgan fingerprint density at radius 1 is 1.44 bits per heavy atom. The van der Waals surface area contributed by atoms with Gasteiger partial charge >= 0.3 is 17.1 Å². The Kier molecular flexibility index (Phi) is 3.83. The van der Waals surface area contributed by atoms with Crippen LogP contribution in [0, 0.1) is 5.41 Å². The number of fused-ring (bicyclic) bond motifs is 1. The normalized spacial score (nSPS) is 14.6. The molecule has 4 rings (SSSR count). The average Bonchev–Trinajstić information content (AvgIpc) is 3.08. The summed E-state index contributed by atoms with van der Waals surface area (Å²) in [5.41, 5.74) is 0.889. The number of aromatic nitrogens is 5. The molecule has 0 radical (unpaired) electrons. The summed E-state index contributed by atoms with van der Waals surface area (Å²) in [6.45, 7) is 6.49. The quantitative estimate of drug-likeness (QED) is 0.511. The van der Waals surface area contributed by atoms with E-state index in [0.29, 0.717) is 17.9 Å². The molecule has 142 valence electrons. The Hall–Kier alpha value is -3.10. The van der Waals surface area contributed by atoms with E-state index in [2.05, 4.69) is 20.6 Å². The zero-order valence-corrected chi connectivity index (χ0v) is 15.5. The first kappa shape index (κ1) is 17.3. The van der Waals surface area contributed by atoms with Gasteiger partial charge in [0.1, 0.15) is 0 Å². The Labute approximate surface area is 155 Å². The number of carbonyl (C=O) groups excluding carboxylic acids is 1. The zero-order chi connectivity index (χ0) is 19.3. The highest BCUT2D eigenvalue weighted by Gasteiger charge is 2.34. The molecule has 0 aliphatic heterocycles. The van der Waals surface area contributed by atoms with E-state index in [-0.39, 0.29) is 22.9 Å². The minimum atomic E-state index is -0.583. The van der Waals surface area contributed by atoms with Gasteiger partial charge in [-0.15, -0.1) is 0 Å². The molecular weight excluding hydrogens is 348 g/mol. The van der Waals surface area contributed by atoms with E-state index in [1.807, 2.05) is 20.8 Å². The van der Waals surface area contributed by atoms with Crippen molar-refractivity contribution in [3.8, 4) is 17.1 Å². The highest BCUT2D eigenvalue weighted by atomic mass is 16.3. The summed E-state index contributed by atoms with van der Waals surface area (Å²) in [7, 11) is 0. The van der Waals surface area contributed by atoms with Gasteiger partial charge < -0.3 is 10.4 Å². The second kappa shape index (κ2) is 5.97. The summed E-state index contributed by atoms with van der Waals surface area (Å²) in [6, 6.07) is 1.85. The molecule has 0 unspecified atom stereocenters. The topological polar surface area (TPSA) is 119 Å². The average molecular weight is 371 g/mol. The van der Waals surface area contributed by atoms with Crippen LogP contribution in [-0.2, 0) is 6.54 Å². The van der Waals surface area contributed by atoms with Crippen LogP contribution in [0.1, 0.15) is 44.0 Å². The summed E-state index contributed by atoms with van der Waals surface area (Å²) in [5.74, 6) is -0.859. The van der Waals surface area contributed by atoms with Crippen LogP contribution in [0.25, 0.3) is 16.9 Å². The van der Waals surface area contributed by atoms with E-state index < -0.39 is 11.5 Å². The Bertz CT molecular complexity index is 1070. The molecule has 0 atom stereocenters. The lowest BCUT2D eigenvalue weighted by molar-refractivity contribution is -0.692. The van der Waals surface area contributed by atoms with Gasteiger partial charge in [0.15, 0.2) is 0 Å². The maximum absolute atomic E-state index is 13.0. The lowest BCUT2D eigenvalue weighted by Crippen LogP contribution is -2.47. The van der Waals surface area contributed by atoms with E-state index in [0.717, 1.165) is 18.4 Å². The Morgan fingerprint density at radius 3 is 2.78 bits per heavy atom. The summed E-state index contributed by atoms with van der Waals surface area (Å²) in [4.78, 5) is 25.6. The molecule has 0 saturated heterocycles. The number of nitrogens with one attached hydrogen (secondary N) is 3. The fourth-order valence-electron chi connectivity index (χ4n) is 3.07. The number of carbonyl (C=O) groups is 1. The van der Waals surface area contributed by atoms with E-state index in [9.17, 15) is 14.7 Å². The summed E-state index contributed by atoms with van der Waals surface area (Å²) < 4.78 is 2.90. The fraction of sp³-hybridized carbons (Fsp3) is 0.444. The maximum Gasteiger partial charge on any atom is 0.378 e. The first-order valence-corrected chi connectivity index (χ1v) is 8.95. The highest BCUT2D eigenvalue weighted by molar-refractivity contribution is 5.96. The van der Waals surface area contributed by atoms with Crippen LogP contribution in [0.3, 0.4) is 0 Å². The van der Waals surface area contributed by atoms with Gasteiger partial charge in [-0.2, -0.15) is 9.67 Å². The molecule has 1 saturated carbocycles. The van der Waals surface area contributed by atoms with Crippen molar-refractivity contribution in [1.29, 1.82) is 0 Å². The first-order valence-electron chi connectivity index (χ1n) is 8.95. The number of amides is 1. The van der Waals surface area contributed by atoms with Crippen LogP contribution >= 0.6 is 0 Å². The molecule has 4 N–H and O–H groups in total. The minimum Gasteiger partial charge on any atom is -0.477 e. The van der Waals surface area contributed by atoms with Crippen molar-refractivity contribution in [2.24, 2.45) is 5.41 Å². The fourth-order valence-corrected chi connectivity index (χ4v) is 3.07. The zero-order valence-electron chi connectivity index (χ0n) is 15.5. The van der Waals surface area contributed by atoms with Crippen molar-refractivity contribution < 1.29 is 14.5 Å². The van der Waals surface area contributed by atoms with Crippen LogP contribution in [0.5, 0.6) is 5.88 Å². The van der Waals surface area contributed by atoms with Crippen molar-refractivity contribution in [2.45, 2.75) is 46.2 Å². The van der Waals surface area contributed by atoms with Gasteiger partial charge in [-0.1, -0.05) is 25.3 Å². The van der Waals surface area contributed by atoms with Crippen LogP contribution in [0.15, 0.2) is 23.3 Å². The van der Waals surface area contributed by atoms with Crippen LogP contribution in [-0.4, -0.2) is 36.9 Å². The van der Waals surface area contributed by atoms with Gasteiger partial charge in [-0.05, 0) is 18.3 Å². The standard InChI is InChI=1S/C18H22N6O3/c1-18(2,3)9-23-13-6-12(10-7-19-20-8-10)22-24(13)17(27)14(16(23)26)15(25)21-11-4-5-11/h6-8,11H,4-5,9H2,1-3H3,(H3,19,20,21,22,25,26,27)/p+1. The minimum absolute atomic E-state index is 0.0817. The molecule has 1 fully saturated rings. The molecule has 1 aliphatic rings. The van der Waals surface area contributed by atoms with Gasteiger partial charge in [0.25, 0.3) is 5.91 Å². The van der Waals surface area contributed by atoms with Crippen LogP contribution in [0.2, 0.25) is 0 Å². The van der Waals surface area contributed by atoms with Crippen LogP contribution < -0.4 is 15.4 Å². The largest absolute Gasteiger partial charge is 0.477 e. The Morgan fingerprint density at radius 2 is 2.19 bits per heavy atom. The highest BCUT2D eigenvalue weighted by Crippen LogP contribution is 2.23. The summed E-state index contributed by atoms with van der Waals surface area (Å²) >= 11 is 0. The molecule has 9 nitrogen and oxygen atoms in total. The molecule has 0 bridgehead atoms. The number of aromatic amines is 2. The van der Waals surface area contributed by atoms with Crippen molar-refractivity contribution in [3.63, 3.8) is 0 Å². The number of hydrogen-bond acceptors (Lipinski definition) is 4. The molecule has 1 amide bonds. The van der Waals surface area contributed by atoms with Crippen LogP contribution in [0.4, 0.5) is 0 Å². The third kappa shape index (κ3) is 3.20. The maximum atomic E-state index is 13.0. The van der Waals surface area contributed by atoms with Gasteiger partial charge in [0, 0.05) is 17.8 Å². The number of rotatable bonds is 4. The SMILES string of the molecule is CC(C)(C)C[n+]1c(O)c(C(=O)NC2CC2)c(=O)n2[nH]c(-c3cn[nH]c3)cc21. The summed E-state index contributed by atoms with van der Waals surface area (Å²) in [6.07, 6.45) is 5.12. The third-order valence-corrected chi connectivity index (χ3v) is 4.49. The van der Waals surface area contributed by atoms with Gasteiger partial charge in [0.2, 0.25) is 5.56 Å². The molecule has 3 heterocycles. The van der Waals surface area contributed by atoms with Crippen molar-refractivity contribution in [2.75, 3.05) is 0 Å².